The van der Waals surface area contributed by atoms with Crippen molar-refractivity contribution in [3.05, 3.63) is 24.3 Å². The third-order valence-electron chi connectivity index (χ3n) is 0.542. The second-order valence-corrected chi connectivity index (χ2v) is 1.22. The van der Waals surface area contributed by atoms with Gasteiger partial charge in [0.1, 0.15) is 0 Å². The monoisotopic (exact) mass is 151 g/mol. The third kappa shape index (κ3) is 11.9. The van der Waals surface area contributed by atoms with Crippen LogP contribution in [0.2, 0.25) is 0 Å². The SMILES string of the molecule is C/C=C/C=C/C(=O)O.[K]. The van der Waals surface area contributed by atoms with Crippen molar-refractivity contribution >= 4 is 57.4 Å². The Morgan fingerprint density at radius 1 is 1.44 bits per heavy atom. The molecule has 0 fully saturated rings. The molecule has 3 heteroatoms. The van der Waals surface area contributed by atoms with E-state index in [1.54, 1.807) is 12.2 Å². The number of rotatable bonds is 2. The van der Waals surface area contributed by atoms with Crippen LogP contribution in [0, 0.1) is 0 Å². The Balaban J connectivity index is 0. The molecule has 9 heavy (non-hydrogen) atoms. The average molecular weight is 151 g/mol. The van der Waals surface area contributed by atoms with E-state index in [9.17, 15) is 4.79 Å². The number of aliphatic carboxylic acids is 1. The molecular weight excluding hydrogens is 143 g/mol. The van der Waals surface area contributed by atoms with Gasteiger partial charge < -0.3 is 5.11 Å². The second-order valence-electron chi connectivity index (χ2n) is 1.22. The van der Waals surface area contributed by atoms with Crippen molar-refractivity contribution < 1.29 is 9.90 Å². The summed E-state index contributed by atoms with van der Waals surface area (Å²) in [6.45, 7) is 1.83. The standard InChI is InChI=1S/C6H8O2.K/c1-2-3-4-5-6(7)8;/h2-5H,1H3,(H,7,8);/b3-2+,5-4+;. The summed E-state index contributed by atoms with van der Waals surface area (Å²) in [6, 6.07) is 0. The van der Waals surface area contributed by atoms with Crippen molar-refractivity contribution in [1.29, 1.82) is 0 Å². The van der Waals surface area contributed by atoms with E-state index in [4.69, 9.17) is 5.11 Å². The molecule has 45 valence electrons. The fraction of sp³-hybridized carbons (Fsp3) is 0.167. The van der Waals surface area contributed by atoms with E-state index in [-0.39, 0.29) is 51.4 Å². The Bertz CT molecular complexity index is 127. The van der Waals surface area contributed by atoms with Crippen LogP contribution in [-0.4, -0.2) is 62.5 Å². The molecule has 0 amide bonds. The first kappa shape index (κ1) is 12.3. The molecule has 1 radical (unpaired) electrons. The van der Waals surface area contributed by atoms with Crippen LogP contribution in [0.4, 0.5) is 0 Å². The fourth-order valence-corrected chi connectivity index (χ4v) is 0.249. The summed E-state index contributed by atoms with van der Waals surface area (Å²) >= 11 is 0. The molecule has 0 unspecified atom stereocenters. The van der Waals surface area contributed by atoms with Crippen molar-refractivity contribution in [1.82, 2.24) is 0 Å². The number of hydrogen-bond donors (Lipinski definition) is 1. The summed E-state index contributed by atoms with van der Waals surface area (Å²) in [6.07, 6.45) is 5.98. The Morgan fingerprint density at radius 3 is 2.33 bits per heavy atom. The zero-order valence-electron chi connectivity index (χ0n) is 5.66. The maximum Gasteiger partial charge on any atom is 0.328 e. The van der Waals surface area contributed by atoms with Gasteiger partial charge in [-0.25, -0.2) is 4.79 Å². The minimum atomic E-state index is -0.914. The van der Waals surface area contributed by atoms with Gasteiger partial charge in [0, 0.05) is 57.5 Å². The van der Waals surface area contributed by atoms with E-state index < -0.39 is 5.97 Å². The first-order chi connectivity index (χ1) is 3.77. The fourth-order valence-electron chi connectivity index (χ4n) is 0.249. The van der Waals surface area contributed by atoms with Crippen LogP contribution in [0.25, 0.3) is 0 Å². The van der Waals surface area contributed by atoms with E-state index in [1.165, 1.54) is 6.08 Å². The van der Waals surface area contributed by atoms with Crippen LogP contribution in [-0.2, 0) is 4.79 Å². The van der Waals surface area contributed by atoms with Crippen molar-refractivity contribution in [2.75, 3.05) is 0 Å². The van der Waals surface area contributed by atoms with E-state index in [0.29, 0.717) is 0 Å². The van der Waals surface area contributed by atoms with Gasteiger partial charge in [-0.1, -0.05) is 18.2 Å². The van der Waals surface area contributed by atoms with Crippen LogP contribution < -0.4 is 0 Å². The molecule has 2 nitrogen and oxygen atoms in total. The molecule has 0 spiro atoms. The summed E-state index contributed by atoms with van der Waals surface area (Å²) in [4.78, 5) is 9.75. The Kier molecular flexibility index (Phi) is 11.7. The summed E-state index contributed by atoms with van der Waals surface area (Å²) in [5.41, 5.74) is 0. The van der Waals surface area contributed by atoms with E-state index in [1.807, 2.05) is 6.92 Å². The van der Waals surface area contributed by atoms with Gasteiger partial charge in [0.2, 0.25) is 0 Å². The van der Waals surface area contributed by atoms with Crippen LogP contribution in [0.1, 0.15) is 6.92 Å². The predicted octanol–water partition coefficient (Wildman–Crippen LogP) is 0.823. The third-order valence-corrected chi connectivity index (χ3v) is 0.542. The predicted molar refractivity (Wildman–Crippen MR) is 37.3 cm³/mol. The molecule has 0 aromatic carbocycles. The van der Waals surface area contributed by atoms with Crippen LogP contribution >= 0.6 is 0 Å². The minimum Gasteiger partial charge on any atom is -0.478 e. The van der Waals surface area contributed by atoms with Crippen LogP contribution in [0.3, 0.4) is 0 Å². The van der Waals surface area contributed by atoms with E-state index in [2.05, 4.69) is 0 Å². The molecule has 0 aromatic rings. The number of allylic oxidation sites excluding steroid dienone is 3. The molecule has 0 rings (SSSR count). The summed E-state index contributed by atoms with van der Waals surface area (Å²) in [5, 5.41) is 8.02. The largest absolute Gasteiger partial charge is 0.478 e. The van der Waals surface area contributed by atoms with Crippen molar-refractivity contribution in [2.45, 2.75) is 6.92 Å². The quantitative estimate of drug-likeness (QED) is 0.360. The van der Waals surface area contributed by atoms with E-state index >= 15 is 0 Å². The van der Waals surface area contributed by atoms with Crippen molar-refractivity contribution in [2.24, 2.45) is 0 Å². The Morgan fingerprint density at radius 2 is 2.00 bits per heavy atom. The maximum atomic E-state index is 9.75. The van der Waals surface area contributed by atoms with Gasteiger partial charge in [-0.3, -0.25) is 0 Å². The molecular formula is C6H8KO2. The first-order valence-corrected chi connectivity index (χ1v) is 2.29. The molecule has 1 N–H and O–H groups in total. The topological polar surface area (TPSA) is 37.3 Å². The first-order valence-electron chi connectivity index (χ1n) is 2.29. The van der Waals surface area contributed by atoms with Gasteiger partial charge in [0.05, 0.1) is 0 Å². The molecule has 0 saturated heterocycles. The molecule has 0 atom stereocenters. The Hall–Kier alpha value is 0.586. The molecule has 0 aliphatic carbocycles. The smallest absolute Gasteiger partial charge is 0.328 e. The van der Waals surface area contributed by atoms with E-state index in [0.717, 1.165) is 6.08 Å². The summed E-state index contributed by atoms with van der Waals surface area (Å²) in [5.74, 6) is -0.914. The average Bonchev–Trinajstić information content (AvgIpc) is 1.66. The van der Waals surface area contributed by atoms with Gasteiger partial charge in [0.15, 0.2) is 0 Å². The molecule has 0 aliphatic rings. The van der Waals surface area contributed by atoms with Crippen molar-refractivity contribution in [3.8, 4) is 0 Å². The summed E-state index contributed by atoms with van der Waals surface area (Å²) < 4.78 is 0. The van der Waals surface area contributed by atoms with Gasteiger partial charge >= 0.3 is 5.97 Å². The zero-order chi connectivity index (χ0) is 6.41. The number of carboxylic acids is 1. The molecule has 0 saturated carbocycles. The summed E-state index contributed by atoms with van der Waals surface area (Å²) in [7, 11) is 0. The van der Waals surface area contributed by atoms with Crippen molar-refractivity contribution in [3.63, 3.8) is 0 Å². The number of carboxylic acid groups (broad SMARTS) is 1. The minimum absolute atomic E-state index is 0. The van der Waals surface area contributed by atoms with Crippen LogP contribution in [0.5, 0.6) is 0 Å². The maximum absolute atomic E-state index is 9.75. The number of carbonyl (C=O) groups is 1. The molecule has 0 aromatic heterocycles. The van der Waals surface area contributed by atoms with Gasteiger partial charge in [-0.15, -0.1) is 0 Å². The normalized spacial score (nSPS) is 9.89. The van der Waals surface area contributed by atoms with Gasteiger partial charge in [-0.05, 0) is 6.92 Å². The van der Waals surface area contributed by atoms with Gasteiger partial charge in [0.25, 0.3) is 0 Å². The zero-order valence-corrected chi connectivity index (χ0v) is 8.79. The Labute approximate surface area is 97.1 Å². The van der Waals surface area contributed by atoms with Gasteiger partial charge in [-0.2, -0.15) is 0 Å². The molecule has 0 heterocycles. The second kappa shape index (κ2) is 8.59. The number of hydrogen-bond acceptors (Lipinski definition) is 1. The molecule has 0 bridgehead atoms. The van der Waals surface area contributed by atoms with Crippen LogP contribution in [0.15, 0.2) is 24.3 Å². The molecule has 0 aliphatic heterocycles.